The molecule has 2 rings (SSSR count). The van der Waals surface area contributed by atoms with E-state index in [1.165, 1.54) is 0 Å². The molecule has 0 aliphatic heterocycles. The molecule has 0 aliphatic carbocycles. The van der Waals surface area contributed by atoms with Crippen molar-refractivity contribution in [1.82, 2.24) is 14.1 Å². The number of carboxylic acid groups (broad SMARTS) is 1. The third-order valence-corrected chi connectivity index (χ3v) is 2.26. The summed E-state index contributed by atoms with van der Waals surface area (Å²) in [6.45, 7) is 0.629. The fourth-order valence-corrected chi connectivity index (χ4v) is 1.39. The van der Waals surface area contributed by atoms with E-state index < -0.39 is 5.97 Å². The van der Waals surface area contributed by atoms with Crippen molar-refractivity contribution in [1.29, 1.82) is 0 Å². The summed E-state index contributed by atoms with van der Waals surface area (Å²) < 4.78 is 3.72. The number of aromatic carboxylic acids is 1. The Hall–Kier alpha value is -2.04. The van der Waals surface area contributed by atoms with Crippen LogP contribution in [-0.4, -0.2) is 25.2 Å². The van der Waals surface area contributed by atoms with Gasteiger partial charge in [-0.2, -0.15) is 0 Å². The first-order valence-corrected chi connectivity index (χ1v) is 4.51. The maximum absolute atomic E-state index is 10.7. The lowest BCUT2D eigenvalue weighted by atomic mass is 10.3. The van der Waals surface area contributed by atoms with E-state index in [9.17, 15) is 4.79 Å². The standard InChI is InChI=1S/C10H11N3O2/c1-12-7-11-4-9(12)6-13-3-2-8(5-13)10(14)15/h2-5,7H,6H2,1H3,(H,14,15). The lowest BCUT2D eigenvalue weighted by Gasteiger charge is -2.02. The summed E-state index contributed by atoms with van der Waals surface area (Å²) >= 11 is 0. The highest BCUT2D eigenvalue weighted by atomic mass is 16.4. The predicted molar refractivity (Wildman–Crippen MR) is 53.7 cm³/mol. The molecule has 0 bridgehead atoms. The van der Waals surface area contributed by atoms with Gasteiger partial charge in [-0.3, -0.25) is 0 Å². The van der Waals surface area contributed by atoms with Crippen LogP contribution in [0.2, 0.25) is 0 Å². The average molecular weight is 205 g/mol. The molecule has 0 amide bonds. The quantitative estimate of drug-likeness (QED) is 0.812. The second-order valence-electron chi connectivity index (χ2n) is 3.37. The lowest BCUT2D eigenvalue weighted by Crippen LogP contribution is -2.02. The molecular weight excluding hydrogens is 194 g/mol. The highest BCUT2D eigenvalue weighted by Crippen LogP contribution is 2.05. The van der Waals surface area contributed by atoms with Crippen LogP contribution in [0.25, 0.3) is 0 Å². The zero-order valence-corrected chi connectivity index (χ0v) is 8.29. The van der Waals surface area contributed by atoms with E-state index in [1.807, 2.05) is 16.2 Å². The van der Waals surface area contributed by atoms with Crippen molar-refractivity contribution in [3.05, 3.63) is 42.2 Å². The van der Waals surface area contributed by atoms with E-state index in [-0.39, 0.29) is 0 Å². The van der Waals surface area contributed by atoms with Gasteiger partial charge >= 0.3 is 5.97 Å². The number of imidazole rings is 1. The highest BCUT2D eigenvalue weighted by Gasteiger charge is 2.05. The third kappa shape index (κ3) is 1.90. The maximum Gasteiger partial charge on any atom is 0.337 e. The normalized spacial score (nSPS) is 10.5. The zero-order valence-electron chi connectivity index (χ0n) is 8.29. The van der Waals surface area contributed by atoms with E-state index in [2.05, 4.69) is 4.98 Å². The molecule has 2 aromatic heterocycles. The molecule has 2 aromatic rings. The lowest BCUT2D eigenvalue weighted by molar-refractivity contribution is 0.0697. The van der Waals surface area contributed by atoms with Crippen LogP contribution in [0.4, 0.5) is 0 Å². The van der Waals surface area contributed by atoms with E-state index in [4.69, 9.17) is 5.11 Å². The van der Waals surface area contributed by atoms with Gasteiger partial charge in [0.15, 0.2) is 0 Å². The SMILES string of the molecule is Cn1cncc1Cn1ccc(C(=O)O)c1. The second-order valence-corrected chi connectivity index (χ2v) is 3.37. The Morgan fingerprint density at radius 1 is 1.60 bits per heavy atom. The van der Waals surface area contributed by atoms with Gasteiger partial charge in [-0.25, -0.2) is 9.78 Å². The molecule has 0 aliphatic rings. The molecule has 0 saturated carbocycles. The Bertz CT molecular complexity index is 484. The van der Waals surface area contributed by atoms with E-state index >= 15 is 0 Å². The molecular formula is C10H11N3O2. The monoisotopic (exact) mass is 205 g/mol. The Balaban J connectivity index is 2.18. The van der Waals surface area contributed by atoms with Crippen molar-refractivity contribution in [2.24, 2.45) is 7.05 Å². The first-order valence-electron chi connectivity index (χ1n) is 4.51. The summed E-state index contributed by atoms with van der Waals surface area (Å²) in [5, 5.41) is 8.75. The zero-order chi connectivity index (χ0) is 10.8. The molecule has 78 valence electrons. The topological polar surface area (TPSA) is 60.0 Å². The Morgan fingerprint density at radius 2 is 2.40 bits per heavy atom. The fraction of sp³-hybridized carbons (Fsp3) is 0.200. The number of hydrogen-bond donors (Lipinski definition) is 1. The summed E-state index contributed by atoms with van der Waals surface area (Å²) in [5.41, 5.74) is 1.33. The van der Waals surface area contributed by atoms with Crippen LogP contribution < -0.4 is 0 Å². The van der Waals surface area contributed by atoms with E-state index in [0.29, 0.717) is 12.1 Å². The van der Waals surface area contributed by atoms with Gasteiger partial charge in [0.25, 0.3) is 0 Å². The largest absolute Gasteiger partial charge is 0.478 e. The van der Waals surface area contributed by atoms with Gasteiger partial charge in [0, 0.05) is 25.6 Å². The number of aromatic nitrogens is 3. The summed E-state index contributed by atoms with van der Waals surface area (Å²) in [6, 6.07) is 1.58. The van der Waals surface area contributed by atoms with Crippen molar-refractivity contribution in [3.63, 3.8) is 0 Å². The summed E-state index contributed by atoms with van der Waals surface area (Å²) in [7, 11) is 1.91. The molecule has 0 saturated heterocycles. The smallest absolute Gasteiger partial charge is 0.337 e. The highest BCUT2D eigenvalue weighted by molar-refractivity contribution is 5.87. The fourth-order valence-electron chi connectivity index (χ4n) is 1.39. The molecule has 0 fully saturated rings. The minimum absolute atomic E-state index is 0.303. The van der Waals surface area contributed by atoms with Crippen molar-refractivity contribution in [3.8, 4) is 0 Å². The van der Waals surface area contributed by atoms with Crippen LogP contribution in [0.1, 0.15) is 16.1 Å². The molecule has 1 N–H and O–H groups in total. The molecule has 0 atom stereocenters. The molecule has 2 heterocycles. The van der Waals surface area contributed by atoms with Crippen molar-refractivity contribution in [2.75, 3.05) is 0 Å². The van der Waals surface area contributed by atoms with Gasteiger partial charge in [-0.15, -0.1) is 0 Å². The number of nitrogens with zero attached hydrogens (tertiary/aromatic N) is 3. The van der Waals surface area contributed by atoms with Gasteiger partial charge < -0.3 is 14.2 Å². The number of carbonyl (C=O) groups is 1. The van der Waals surface area contributed by atoms with E-state index in [0.717, 1.165) is 5.69 Å². The van der Waals surface area contributed by atoms with Crippen LogP contribution in [0.5, 0.6) is 0 Å². The van der Waals surface area contributed by atoms with Crippen molar-refractivity contribution in [2.45, 2.75) is 6.54 Å². The van der Waals surface area contributed by atoms with Gasteiger partial charge in [0.05, 0.1) is 24.1 Å². The molecule has 15 heavy (non-hydrogen) atoms. The first kappa shape index (κ1) is 9.51. The van der Waals surface area contributed by atoms with Crippen LogP contribution in [0, 0.1) is 0 Å². The van der Waals surface area contributed by atoms with Crippen LogP contribution in [-0.2, 0) is 13.6 Å². The van der Waals surface area contributed by atoms with Gasteiger partial charge in [0.1, 0.15) is 0 Å². The molecule has 0 unspecified atom stereocenters. The number of hydrogen-bond acceptors (Lipinski definition) is 2. The van der Waals surface area contributed by atoms with Gasteiger partial charge in [-0.05, 0) is 6.07 Å². The third-order valence-electron chi connectivity index (χ3n) is 2.26. The predicted octanol–water partition coefficient (Wildman–Crippen LogP) is 0.968. The number of carboxylic acids is 1. The number of rotatable bonds is 3. The Morgan fingerprint density at radius 3 is 2.93 bits per heavy atom. The average Bonchev–Trinajstić information content (AvgIpc) is 2.77. The van der Waals surface area contributed by atoms with Gasteiger partial charge in [-0.1, -0.05) is 0 Å². The Labute approximate surface area is 86.6 Å². The van der Waals surface area contributed by atoms with Crippen LogP contribution in [0.3, 0.4) is 0 Å². The Kier molecular flexibility index (Phi) is 2.29. The first-order chi connectivity index (χ1) is 7.16. The molecule has 0 aromatic carbocycles. The molecule has 0 radical (unpaired) electrons. The molecule has 5 heteroatoms. The summed E-state index contributed by atoms with van der Waals surface area (Å²) in [5.74, 6) is -0.904. The van der Waals surface area contributed by atoms with Gasteiger partial charge in [0.2, 0.25) is 0 Å². The number of aryl methyl sites for hydroxylation is 1. The second kappa shape index (κ2) is 3.61. The minimum atomic E-state index is -0.904. The molecule has 5 nitrogen and oxygen atoms in total. The van der Waals surface area contributed by atoms with Crippen molar-refractivity contribution >= 4 is 5.97 Å². The molecule has 0 spiro atoms. The van der Waals surface area contributed by atoms with Crippen LogP contribution >= 0.6 is 0 Å². The minimum Gasteiger partial charge on any atom is -0.478 e. The van der Waals surface area contributed by atoms with E-state index in [1.54, 1.807) is 31.0 Å². The summed E-state index contributed by atoms with van der Waals surface area (Å²) in [6.07, 6.45) is 6.84. The van der Waals surface area contributed by atoms with Crippen LogP contribution in [0.15, 0.2) is 31.0 Å². The van der Waals surface area contributed by atoms with Crippen molar-refractivity contribution < 1.29 is 9.90 Å². The summed E-state index contributed by atoms with van der Waals surface area (Å²) in [4.78, 5) is 14.6. The maximum atomic E-state index is 10.7.